The van der Waals surface area contributed by atoms with Crippen molar-refractivity contribution in [1.29, 1.82) is 0 Å². The van der Waals surface area contributed by atoms with Gasteiger partial charge < -0.3 is 5.73 Å². The molecule has 1 atom stereocenters. The van der Waals surface area contributed by atoms with Crippen LogP contribution in [0.4, 0.5) is 0 Å². The van der Waals surface area contributed by atoms with Crippen LogP contribution in [0.2, 0.25) is 5.02 Å². The Morgan fingerprint density at radius 2 is 1.89 bits per heavy atom. The lowest BCUT2D eigenvalue weighted by Crippen LogP contribution is -2.11. The van der Waals surface area contributed by atoms with Gasteiger partial charge in [0.05, 0.1) is 5.69 Å². The average molecular weight is 278 g/mol. The van der Waals surface area contributed by atoms with Crippen LogP contribution in [0.1, 0.15) is 35.0 Å². The number of hydrogen-bond acceptors (Lipinski definition) is 2. The number of benzene rings is 1. The molecular formula is C15H20ClN3. The molecule has 0 aliphatic rings. The Hall–Kier alpha value is -1.32. The summed E-state index contributed by atoms with van der Waals surface area (Å²) in [6, 6.07) is 7.80. The Morgan fingerprint density at radius 3 is 2.42 bits per heavy atom. The van der Waals surface area contributed by atoms with Gasteiger partial charge in [0, 0.05) is 23.8 Å². The van der Waals surface area contributed by atoms with Gasteiger partial charge in [-0.25, -0.2) is 0 Å². The van der Waals surface area contributed by atoms with Gasteiger partial charge in [0.2, 0.25) is 0 Å². The third-order valence-electron chi connectivity index (χ3n) is 3.66. The minimum atomic E-state index is 0.0382. The smallest absolute Gasteiger partial charge is 0.0628 e. The zero-order chi connectivity index (χ0) is 14.0. The van der Waals surface area contributed by atoms with Crippen molar-refractivity contribution in [2.45, 2.75) is 32.7 Å². The third-order valence-corrected chi connectivity index (χ3v) is 3.91. The van der Waals surface area contributed by atoms with Crippen molar-refractivity contribution in [2.24, 2.45) is 12.8 Å². The van der Waals surface area contributed by atoms with Gasteiger partial charge in [0.1, 0.15) is 0 Å². The maximum absolute atomic E-state index is 6.23. The molecule has 0 bridgehead atoms. The summed E-state index contributed by atoms with van der Waals surface area (Å²) in [6.45, 7) is 4.15. The maximum atomic E-state index is 6.23. The van der Waals surface area contributed by atoms with E-state index in [2.05, 4.69) is 18.9 Å². The van der Waals surface area contributed by atoms with Crippen LogP contribution >= 0.6 is 11.6 Å². The Balaban J connectivity index is 2.04. The monoisotopic (exact) mass is 277 g/mol. The Morgan fingerprint density at radius 1 is 1.26 bits per heavy atom. The van der Waals surface area contributed by atoms with Crippen LogP contribution in [0.25, 0.3) is 0 Å². The first-order chi connectivity index (χ1) is 8.99. The van der Waals surface area contributed by atoms with E-state index in [1.807, 2.05) is 36.0 Å². The molecule has 0 radical (unpaired) electrons. The number of nitrogens with zero attached hydrogens (tertiary/aromatic N) is 2. The fourth-order valence-corrected chi connectivity index (χ4v) is 2.48. The van der Waals surface area contributed by atoms with Gasteiger partial charge >= 0.3 is 0 Å². The van der Waals surface area contributed by atoms with Crippen molar-refractivity contribution in [3.05, 3.63) is 51.8 Å². The molecule has 3 nitrogen and oxygen atoms in total. The van der Waals surface area contributed by atoms with Gasteiger partial charge in [-0.2, -0.15) is 5.10 Å². The fraction of sp³-hybridized carbons (Fsp3) is 0.400. The van der Waals surface area contributed by atoms with E-state index in [9.17, 15) is 0 Å². The fourth-order valence-electron chi connectivity index (χ4n) is 2.36. The van der Waals surface area contributed by atoms with Crippen molar-refractivity contribution < 1.29 is 0 Å². The van der Waals surface area contributed by atoms with Gasteiger partial charge in [-0.05, 0) is 49.9 Å². The second-order valence-electron chi connectivity index (χ2n) is 4.97. The van der Waals surface area contributed by atoms with Crippen LogP contribution in [0.15, 0.2) is 24.3 Å². The first-order valence-corrected chi connectivity index (χ1v) is 6.87. The highest BCUT2D eigenvalue weighted by molar-refractivity contribution is 6.30. The van der Waals surface area contributed by atoms with E-state index in [1.54, 1.807) is 0 Å². The van der Waals surface area contributed by atoms with Crippen LogP contribution < -0.4 is 5.73 Å². The predicted molar refractivity (Wildman–Crippen MR) is 79.4 cm³/mol. The Kier molecular flexibility index (Phi) is 4.27. The topological polar surface area (TPSA) is 43.8 Å². The van der Waals surface area contributed by atoms with Gasteiger partial charge in [-0.15, -0.1) is 0 Å². The van der Waals surface area contributed by atoms with E-state index >= 15 is 0 Å². The maximum Gasteiger partial charge on any atom is 0.0628 e. The average Bonchev–Trinajstić information content (AvgIpc) is 2.62. The molecule has 1 heterocycles. The molecule has 102 valence electrons. The summed E-state index contributed by atoms with van der Waals surface area (Å²) in [6.07, 6.45) is 1.87. The van der Waals surface area contributed by atoms with Crippen LogP contribution in [0.5, 0.6) is 0 Å². The van der Waals surface area contributed by atoms with Crippen molar-refractivity contribution >= 4 is 11.6 Å². The number of hydrogen-bond donors (Lipinski definition) is 1. The van der Waals surface area contributed by atoms with Crippen LogP contribution in [0.3, 0.4) is 0 Å². The molecule has 4 heteroatoms. The Labute approximate surface area is 119 Å². The summed E-state index contributed by atoms with van der Waals surface area (Å²) in [7, 11) is 1.98. The first-order valence-electron chi connectivity index (χ1n) is 6.49. The van der Waals surface area contributed by atoms with E-state index < -0.39 is 0 Å². The lowest BCUT2D eigenvalue weighted by molar-refractivity contribution is 0.647. The molecule has 2 rings (SSSR count). The number of aromatic nitrogens is 2. The normalized spacial score (nSPS) is 12.7. The summed E-state index contributed by atoms with van der Waals surface area (Å²) in [5, 5.41) is 5.18. The number of halogens is 1. The minimum Gasteiger partial charge on any atom is -0.324 e. The molecule has 1 aromatic heterocycles. The van der Waals surface area contributed by atoms with Crippen LogP contribution in [-0.2, 0) is 13.5 Å². The summed E-state index contributed by atoms with van der Waals surface area (Å²) >= 11 is 5.88. The van der Waals surface area contributed by atoms with Crippen LogP contribution in [0, 0.1) is 13.8 Å². The number of aryl methyl sites for hydroxylation is 2. The molecule has 0 aliphatic heterocycles. The highest BCUT2D eigenvalue weighted by Gasteiger charge is 2.12. The predicted octanol–water partition coefficient (Wildman–Crippen LogP) is 3.32. The van der Waals surface area contributed by atoms with E-state index in [-0.39, 0.29) is 6.04 Å². The molecule has 0 amide bonds. The molecule has 0 saturated heterocycles. The molecule has 19 heavy (non-hydrogen) atoms. The molecule has 0 saturated carbocycles. The summed E-state index contributed by atoms with van der Waals surface area (Å²) < 4.78 is 1.93. The molecule has 0 aliphatic carbocycles. The summed E-state index contributed by atoms with van der Waals surface area (Å²) in [5.41, 5.74) is 11.0. The summed E-state index contributed by atoms with van der Waals surface area (Å²) in [5.74, 6) is 0. The van der Waals surface area contributed by atoms with E-state index in [1.165, 1.54) is 11.3 Å². The zero-order valence-electron chi connectivity index (χ0n) is 11.7. The highest BCUT2D eigenvalue weighted by atomic mass is 35.5. The van der Waals surface area contributed by atoms with E-state index in [0.29, 0.717) is 0 Å². The standard InChI is InChI=1S/C15H20ClN3/c1-10-14(11(2)19(3)18-10)8-9-15(17)12-4-6-13(16)7-5-12/h4-7,15H,8-9,17H2,1-3H3. The number of nitrogens with two attached hydrogens (primary N) is 1. The largest absolute Gasteiger partial charge is 0.324 e. The van der Waals surface area contributed by atoms with E-state index in [0.717, 1.165) is 29.1 Å². The van der Waals surface area contributed by atoms with Gasteiger partial charge in [0.15, 0.2) is 0 Å². The third kappa shape index (κ3) is 3.17. The summed E-state index contributed by atoms with van der Waals surface area (Å²) in [4.78, 5) is 0. The molecule has 2 aromatic rings. The molecule has 1 unspecified atom stereocenters. The van der Waals surface area contributed by atoms with Gasteiger partial charge in [0.25, 0.3) is 0 Å². The Bertz CT molecular complexity index is 558. The van der Waals surface area contributed by atoms with Crippen molar-refractivity contribution in [1.82, 2.24) is 9.78 Å². The second kappa shape index (κ2) is 5.76. The molecule has 0 fully saturated rings. The van der Waals surface area contributed by atoms with Crippen molar-refractivity contribution in [2.75, 3.05) is 0 Å². The van der Waals surface area contributed by atoms with Crippen molar-refractivity contribution in [3.8, 4) is 0 Å². The SMILES string of the molecule is Cc1nn(C)c(C)c1CCC(N)c1ccc(Cl)cc1. The first kappa shape index (κ1) is 14.1. The lowest BCUT2D eigenvalue weighted by Gasteiger charge is -2.12. The zero-order valence-corrected chi connectivity index (χ0v) is 12.4. The molecule has 1 aromatic carbocycles. The molecule has 0 spiro atoms. The molecule has 2 N–H and O–H groups in total. The van der Waals surface area contributed by atoms with Crippen molar-refractivity contribution in [3.63, 3.8) is 0 Å². The molecular weight excluding hydrogens is 258 g/mol. The van der Waals surface area contributed by atoms with Gasteiger partial charge in [-0.1, -0.05) is 23.7 Å². The highest BCUT2D eigenvalue weighted by Crippen LogP contribution is 2.21. The second-order valence-corrected chi connectivity index (χ2v) is 5.41. The quantitative estimate of drug-likeness (QED) is 0.932. The van der Waals surface area contributed by atoms with Crippen LogP contribution in [-0.4, -0.2) is 9.78 Å². The lowest BCUT2D eigenvalue weighted by atomic mass is 9.99. The minimum absolute atomic E-state index is 0.0382. The number of rotatable bonds is 4. The van der Waals surface area contributed by atoms with Gasteiger partial charge in [-0.3, -0.25) is 4.68 Å². The van der Waals surface area contributed by atoms with E-state index in [4.69, 9.17) is 17.3 Å².